The number of aryl methyl sites for hydroxylation is 1. The van der Waals surface area contributed by atoms with Crippen molar-refractivity contribution < 1.29 is 14.6 Å². The number of phenolic OH excluding ortho intramolecular Hbond substituents is 1. The Morgan fingerprint density at radius 2 is 1.92 bits per heavy atom. The van der Waals surface area contributed by atoms with E-state index in [1.807, 2.05) is 25.1 Å². The van der Waals surface area contributed by atoms with E-state index in [4.69, 9.17) is 9.84 Å². The molecular formula is C17H16Br2N2O3. The van der Waals surface area contributed by atoms with E-state index in [1.54, 1.807) is 29.8 Å². The number of phenols is 1. The lowest BCUT2D eigenvalue weighted by molar-refractivity contribution is 0.111. The van der Waals surface area contributed by atoms with E-state index in [9.17, 15) is 4.79 Å². The highest BCUT2D eigenvalue weighted by molar-refractivity contribution is 9.11. The number of hydrogen-bond acceptors (Lipinski definition) is 4. The average molecular weight is 456 g/mol. The number of aldehydes is 1. The van der Waals surface area contributed by atoms with Crippen LogP contribution in [0.4, 0.5) is 0 Å². The molecule has 1 aromatic carbocycles. The van der Waals surface area contributed by atoms with Crippen molar-refractivity contribution in [1.82, 2.24) is 9.38 Å². The molecule has 5 nitrogen and oxygen atoms in total. The van der Waals surface area contributed by atoms with Crippen LogP contribution in [0.15, 0.2) is 45.5 Å². The van der Waals surface area contributed by atoms with Gasteiger partial charge in [0.1, 0.15) is 22.8 Å². The normalized spacial score (nSPS) is 10.2. The topological polar surface area (TPSA) is 63.8 Å². The van der Waals surface area contributed by atoms with Gasteiger partial charge in [0.15, 0.2) is 6.29 Å². The summed E-state index contributed by atoms with van der Waals surface area (Å²) >= 11 is 6.33. The van der Waals surface area contributed by atoms with Crippen LogP contribution in [0.2, 0.25) is 0 Å². The number of methoxy groups -OCH3 is 1. The zero-order chi connectivity index (χ0) is 17.7. The molecule has 0 aliphatic carbocycles. The molecule has 7 heteroatoms. The van der Waals surface area contributed by atoms with Gasteiger partial charge in [0.2, 0.25) is 0 Å². The lowest BCUT2D eigenvalue weighted by Crippen LogP contribution is -1.94. The number of hydrogen-bond donors (Lipinski definition) is 1. The van der Waals surface area contributed by atoms with Crippen LogP contribution in [-0.4, -0.2) is 27.9 Å². The van der Waals surface area contributed by atoms with Gasteiger partial charge >= 0.3 is 0 Å². The van der Waals surface area contributed by atoms with Gasteiger partial charge in [-0.3, -0.25) is 9.20 Å². The summed E-state index contributed by atoms with van der Waals surface area (Å²) in [6.45, 7) is 1.98. The number of carbonyl (C=O) groups is 1. The number of para-hydroxylation sites is 1. The van der Waals surface area contributed by atoms with E-state index < -0.39 is 0 Å². The van der Waals surface area contributed by atoms with Gasteiger partial charge in [0.25, 0.3) is 0 Å². The molecule has 2 heterocycles. The van der Waals surface area contributed by atoms with E-state index in [0.717, 1.165) is 24.0 Å². The molecule has 126 valence electrons. The lowest BCUT2D eigenvalue weighted by atomic mass is 10.3. The quantitative estimate of drug-likeness (QED) is 0.584. The molecule has 2 aromatic heterocycles. The summed E-state index contributed by atoms with van der Waals surface area (Å²) in [5.41, 5.74) is 2.19. The second-order valence-corrected chi connectivity index (χ2v) is 6.49. The summed E-state index contributed by atoms with van der Waals surface area (Å²) in [5, 5.41) is 9.11. The standard InChI is InChI=1S/C11H12N2O2.C6H4Br2O/c1-3-9-10(7-14)13-6-8(15-2)4-5-11(13)12-9;7-4-2-1-3-5(8)6(4)9/h4-7H,3H2,1-2H3;1-3,9H. The van der Waals surface area contributed by atoms with Gasteiger partial charge < -0.3 is 9.84 Å². The first-order chi connectivity index (χ1) is 11.5. The first-order valence-electron chi connectivity index (χ1n) is 7.14. The summed E-state index contributed by atoms with van der Waals surface area (Å²) in [4.78, 5) is 15.3. The van der Waals surface area contributed by atoms with Crippen molar-refractivity contribution in [2.75, 3.05) is 7.11 Å². The van der Waals surface area contributed by atoms with Crippen LogP contribution in [0, 0.1) is 0 Å². The van der Waals surface area contributed by atoms with Crippen LogP contribution in [0.25, 0.3) is 5.65 Å². The Bertz CT molecular complexity index is 842. The van der Waals surface area contributed by atoms with Gasteiger partial charge in [-0.25, -0.2) is 4.98 Å². The number of ether oxygens (including phenoxy) is 1. The minimum Gasteiger partial charge on any atom is -0.506 e. The van der Waals surface area contributed by atoms with Crippen molar-refractivity contribution in [3.8, 4) is 11.5 Å². The molecule has 0 saturated heterocycles. The number of halogens is 2. The summed E-state index contributed by atoms with van der Waals surface area (Å²) in [5.74, 6) is 0.961. The van der Waals surface area contributed by atoms with Gasteiger partial charge in [0.05, 0.1) is 27.9 Å². The fraction of sp³-hybridized carbons (Fsp3) is 0.176. The second kappa shape index (κ2) is 8.30. The van der Waals surface area contributed by atoms with Gasteiger partial charge in [-0.05, 0) is 62.5 Å². The first kappa shape index (κ1) is 18.5. The Morgan fingerprint density at radius 3 is 2.42 bits per heavy atom. The van der Waals surface area contributed by atoms with Gasteiger partial charge in [0, 0.05) is 0 Å². The zero-order valence-electron chi connectivity index (χ0n) is 13.2. The van der Waals surface area contributed by atoms with Crippen molar-refractivity contribution in [1.29, 1.82) is 0 Å². The number of benzene rings is 1. The number of carbonyl (C=O) groups excluding carboxylic acids is 1. The third-order valence-electron chi connectivity index (χ3n) is 3.32. The molecule has 0 aliphatic heterocycles. The predicted octanol–water partition coefficient (Wildman–Crippen LogP) is 4.64. The molecule has 1 N–H and O–H groups in total. The molecule has 3 aromatic rings. The maximum atomic E-state index is 11.0. The van der Waals surface area contributed by atoms with Crippen molar-refractivity contribution in [3.05, 3.63) is 56.9 Å². The molecule has 0 fully saturated rings. The molecule has 0 spiro atoms. The minimum absolute atomic E-state index is 0.248. The van der Waals surface area contributed by atoms with Crippen LogP contribution >= 0.6 is 31.9 Å². The van der Waals surface area contributed by atoms with Gasteiger partial charge in [-0.2, -0.15) is 0 Å². The number of nitrogens with zero attached hydrogens (tertiary/aromatic N) is 2. The summed E-state index contributed by atoms with van der Waals surface area (Å²) < 4.78 is 8.27. The predicted molar refractivity (Wildman–Crippen MR) is 100 cm³/mol. The first-order valence-corrected chi connectivity index (χ1v) is 8.73. The van der Waals surface area contributed by atoms with Crippen LogP contribution in [-0.2, 0) is 6.42 Å². The van der Waals surface area contributed by atoms with E-state index in [2.05, 4.69) is 36.8 Å². The fourth-order valence-electron chi connectivity index (χ4n) is 2.09. The fourth-order valence-corrected chi connectivity index (χ4v) is 3.09. The van der Waals surface area contributed by atoms with Crippen molar-refractivity contribution in [3.63, 3.8) is 0 Å². The van der Waals surface area contributed by atoms with Crippen LogP contribution in [0.1, 0.15) is 23.1 Å². The molecule has 0 amide bonds. The molecular weight excluding hydrogens is 440 g/mol. The third kappa shape index (κ3) is 3.96. The maximum Gasteiger partial charge on any atom is 0.168 e. The SMILES string of the molecule is CCc1nc2ccc(OC)cn2c1C=O.Oc1c(Br)cccc1Br. The summed E-state index contributed by atoms with van der Waals surface area (Å²) in [7, 11) is 1.60. The highest BCUT2D eigenvalue weighted by Gasteiger charge is 2.09. The van der Waals surface area contributed by atoms with E-state index >= 15 is 0 Å². The Hall–Kier alpha value is -1.86. The summed E-state index contributed by atoms with van der Waals surface area (Å²) in [6, 6.07) is 9.06. The van der Waals surface area contributed by atoms with E-state index in [0.29, 0.717) is 20.4 Å². The summed E-state index contributed by atoms with van der Waals surface area (Å²) in [6.07, 6.45) is 3.35. The van der Waals surface area contributed by atoms with Gasteiger partial charge in [-0.1, -0.05) is 13.0 Å². The molecule has 24 heavy (non-hydrogen) atoms. The second-order valence-electron chi connectivity index (χ2n) is 4.78. The van der Waals surface area contributed by atoms with E-state index in [-0.39, 0.29) is 5.75 Å². The molecule has 0 unspecified atom stereocenters. The smallest absolute Gasteiger partial charge is 0.168 e. The van der Waals surface area contributed by atoms with Crippen molar-refractivity contribution in [2.45, 2.75) is 13.3 Å². The Kier molecular flexibility index (Phi) is 6.39. The van der Waals surface area contributed by atoms with Gasteiger partial charge in [-0.15, -0.1) is 0 Å². The Labute approximate surface area is 156 Å². The number of aromatic nitrogens is 2. The number of aromatic hydroxyl groups is 1. The van der Waals surface area contributed by atoms with Crippen molar-refractivity contribution in [2.24, 2.45) is 0 Å². The van der Waals surface area contributed by atoms with Crippen LogP contribution in [0.5, 0.6) is 11.5 Å². The minimum atomic E-state index is 0.248. The third-order valence-corrected chi connectivity index (χ3v) is 4.60. The molecule has 0 aliphatic rings. The molecule has 3 rings (SSSR count). The van der Waals surface area contributed by atoms with E-state index in [1.165, 1.54) is 0 Å². The van der Waals surface area contributed by atoms with Crippen molar-refractivity contribution >= 4 is 43.8 Å². The maximum absolute atomic E-state index is 11.0. The molecule has 0 bridgehead atoms. The average Bonchev–Trinajstić information content (AvgIpc) is 2.96. The molecule has 0 radical (unpaired) electrons. The monoisotopic (exact) mass is 454 g/mol. The number of fused-ring (bicyclic) bond motifs is 1. The van der Waals surface area contributed by atoms with Crippen LogP contribution < -0.4 is 4.74 Å². The Morgan fingerprint density at radius 1 is 1.25 bits per heavy atom. The molecule has 0 atom stereocenters. The lowest BCUT2D eigenvalue weighted by Gasteiger charge is -2.00. The Balaban J connectivity index is 0.000000198. The highest BCUT2D eigenvalue weighted by Crippen LogP contribution is 2.30. The highest BCUT2D eigenvalue weighted by atomic mass is 79.9. The van der Waals surface area contributed by atoms with Crippen LogP contribution in [0.3, 0.4) is 0 Å². The zero-order valence-corrected chi connectivity index (χ0v) is 16.3. The number of pyridine rings is 1. The number of imidazole rings is 1. The largest absolute Gasteiger partial charge is 0.506 e. The molecule has 0 saturated carbocycles. The number of rotatable bonds is 3.